The smallest absolute Gasteiger partial charge is 0.246 e. The third kappa shape index (κ3) is 8.90. The van der Waals surface area contributed by atoms with Crippen LogP contribution in [0, 0.1) is 5.92 Å². The van der Waals surface area contributed by atoms with Gasteiger partial charge in [0.2, 0.25) is 17.7 Å². The summed E-state index contributed by atoms with van der Waals surface area (Å²) in [5.74, 6) is -0.370. The van der Waals surface area contributed by atoms with E-state index in [2.05, 4.69) is 42.6 Å². The lowest BCUT2D eigenvalue weighted by Crippen LogP contribution is -2.56. The fourth-order valence-electron chi connectivity index (χ4n) is 7.01. The van der Waals surface area contributed by atoms with Crippen LogP contribution in [0.5, 0.6) is 0 Å². The predicted molar refractivity (Wildman–Crippen MR) is 193 cm³/mol. The molecule has 3 amide bonds. The molecule has 7 heteroatoms. The summed E-state index contributed by atoms with van der Waals surface area (Å²) in [6, 6.07) is 24.5. The Morgan fingerprint density at radius 3 is 2.40 bits per heavy atom. The minimum Gasteiger partial charge on any atom is -0.354 e. The highest BCUT2D eigenvalue weighted by molar-refractivity contribution is 5.95. The maximum Gasteiger partial charge on any atom is 0.246 e. The molecule has 0 fully saturated rings. The molecule has 3 N–H and O–H groups in total. The molecular formula is C41H50N4O3. The molecule has 48 heavy (non-hydrogen) atoms. The van der Waals surface area contributed by atoms with Crippen molar-refractivity contribution in [3.8, 4) is 0 Å². The first-order chi connectivity index (χ1) is 23.2. The Morgan fingerprint density at radius 2 is 1.69 bits per heavy atom. The van der Waals surface area contributed by atoms with Crippen molar-refractivity contribution in [3.63, 3.8) is 0 Å². The highest BCUT2D eigenvalue weighted by Gasteiger charge is 2.35. The number of carbonyl (C=O) groups excluding carboxylic acids is 3. The summed E-state index contributed by atoms with van der Waals surface area (Å²) in [5.41, 5.74) is 12.0. The fourth-order valence-corrected chi connectivity index (χ4v) is 7.01. The average molecular weight is 647 g/mol. The van der Waals surface area contributed by atoms with Crippen molar-refractivity contribution < 1.29 is 14.4 Å². The van der Waals surface area contributed by atoms with E-state index < -0.39 is 17.6 Å². The fraction of sp³-hybridized carbons (Fsp3) is 0.390. The van der Waals surface area contributed by atoms with Crippen molar-refractivity contribution in [1.29, 1.82) is 0 Å². The molecule has 0 aromatic heterocycles. The molecule has 1 heterocycles. The van der Waals surface area contributed by atoms with E-state index in [-0.39, 0.29) is 17.7 Å². The summed E-state index contributed by atoms with van der Waals surface area (Å²) in [6.07, 6.45) is 13.4. The van der Waals surface area contributed by atoms with Gasteiger partial charge in [-0.05, 0) is 78.3 Å². The van der Waals surface area contributed by atoms with Crippen LogP contribution in [0.3, 0.4) is 0 Å². The largest absolute Gasteiger partial charge is 0.354 e. The molecule has 1 aliphatic heterocycles. The van der Waals surface area contributed by atoms with Crippen LogP contribution in [0.1, 0.15) is 60.4 Å². The molecule has 0 radical (unpaired) electrons. The third-order valence-electron chi connectivity index (χ3n) is 10.1. The Kier molecular flexibility index (Phi) is 11.7. The second-order valence-corrected chi connectivity index (χ2v) is 13.6. The van der Waals surface area contributed by atoms with Gasteiger partial charge in [0.05, 0.1) is 0 Å². The van der Waals surface area contributed by atoms with E-state index in [0.717, 1.165) is 42.4 Å². The lowest BCUT2D eigenvalue weighted by atomic mass is 9.79. The van der Waals surface area contributed by atoms with E-state index in [1.165, 1.54) is 20.9 Å². The number of nitrogens with one attached hydrogen (secondary N) is 1. The molecule has 0 spiro atoms. The lowest BCUT2D eigenvalue weighted by molar-refractivity contribution is -0.146. The van der Waals surface area contributed by atoms with Gasteiger partial charge in [-0.1, -0.05) is 104 Å². The summed E-state index contributed by atoms with van der Waals surface area (Å²) in [4.78, 5) is 45.1. The van der Waals surface area contributed by atoms with Gasteiger partial charge in [0, 0.05) is 39.0 Å². The van der Waals surface area contributed by atoms with Gasteiger partial charge < -0.3 is 20.9 Å². The normalized spacial score (nSPS) is 22.3. The highest BCUT2D eigenvalue weighted by atomic mass is 16.2. The first kappa shape index (κ1) is 34.8. The van der Waals surface area contributed by atoms with Crippen molar-refractivity contribution in [2.45, 2.75) is 75.9 Å². The van der Waals surface area contributed by atoms with Gasteiger partial charge in [0.25, 0.3) is 0 Å². The third-order valence-corrected chi connectivity index (χ3v) is 10.1. The van der Waals surface area contributed by atoms with Crippen LogP contribution in [0.15, 0.2) is 97.1 Å². The summed E-state index contributed by atoms with van der Waals surface area (Å²) in [5, 5.41) is 3.08. The number of carbonyl (C=O) groups is 3. The van der Waals surface area contributed by atoms with Crippen LogP contribution in [0.2, 0.25) is 0 Å². The Bertz CT molecular complexity index is 1620. The first-order valence-electron chi connectivity index (χ1n) is 17.3. The Balaban J connectivity index is 1.44. The molecule has 0 saturated carbocycles. The minimum absolute atomic E-state index is 0.220. The second kappa shape index (κ2) is 16.1. The molecule has 2 unspecified atom stereocenters. The van der Waals surface area contributed by atoms with E-state index in [0.29, 0.717) is 38.1 Å². The molecule has 1 aliphatic carbocycles. The molecular weight excluding hydrogens is 596 g/mol. The van der Waals surface area contributed by atoms with Crippen LogP contribution in [0.25, 0.3) is 6.08 Å². The van der Waals surface area contributed by atoms with Crippen LogP contribution < -0.4 is 11.1 Å². The number of benzene rings is 3. The highest BCUT2D eigenvalue weighted by Crippen LogP contribution is 2.32. The number of fused-ring (bicyclic) bond motifs is 2. The van der Waals surface area contributed by atoms with Gasteiger partial charge in [-0.15, -0.1) is 0 Å². The molecule has 3 aromatic carbocycles. The lowest BCUT2D eigenvalue weighted by Gasteiger charge is -2.35. The quantitative estimate of drug-likeness (QED) is 0.320. The Morgan fingerprint density at radius 1 is 0.979 bits per heavy atom. The van der Waals surface area contributed by atoms with Crippen LogP contribution >= 0.6 is 0 Å². The summed E-state index contributed by atoms with van der Waals surface area (Å²) < 4.78 is 0. The van der Waals surface area contributed by atoms with E-state index in [1.807, 2.05) is 66.7 Å². The van der Waals surface area contributed by atoms with Crippen molar-refractivity contribution >= 4 is 23.8 Å². The number of amides is 3. The van der Waals surface area contributed by atoms with Crippen molar-refractivity contribution in [1.82, 2.24) is 15.1 Å². The number of rotatable bonds is 9. The van der Waals surface area contributed by atoms with Gasteiger partial charge in [-0.3, -0.25) is 14.4 Å². The first-order valence-corrected chi connectivity index (χ1v) is 17.3. The second-order valence-electron chi connectivity index (χ2n) is 13.6. The summed E-state index contributed by atoms with van der Waals surface area (Å²) in [7, 11) is 3.36. The average Bonchev–Trinajstić information content (AvgIpc) is 3.30. The molecule has 0 saturated heterocycles. The van der Waals surface area contributed by atoms with Crippen molar-refractivity contribution in [2.24, 2.45) is 11.7 Å². The van der Waals surface area contributed by atoms with Crippen molar-refractivity contribution in [2.75, 3.05) is 20.6 Å². The maximum atomic E-state index is 14.6. The van der Waals surface area contributed by atoms with Gasteiger partial charge in [0.1, 0.15) is 12.1 Å². The predicted octanol–water partition coefficient (Wildman–Crippen LogP) is 5.52. The molecule has 5 rings (SSSR count). The molecule has 2 aliphatic rings. The summed E-state index contributed by atoms with van der Waals surface area (Å²) >= 11 is 0. The van der Waals surface area contributed by atoms with Crippen LogP contribution in [-0.4, -0.2) is 65.8 Å². The molecule has 4 atom stereocenters. The zero-order valence-corrected chi connectivity index (χ0v) is 28.6. The van der Waals surface area contributed by atoms with E-state index in [4.69, 9.17) is 5.73 Å². The van der Waals surface area contributed by atoms with Gasteiger partial charge in [-0.2, -0.15) is 0 Å². The number of nitrogens with two attached hydrogens (primary N) is 1. The topological polar surface area (TPSA) is 95.7 Å². The van der Waals surface area contributed by atoms with E-state index in [1.54, 1.807) is 20.2 Å². The standard InChI is InChI=1S/C41H50N4O3/c1-4-41(42)23-12-19-38(46)44(2)37(28-32-20-21-34-18-11-17-33(29-41)26-35(34)25-32)40(48)45(3)36(27-31-15-9-6-10-16-31)39(47)43-24-22-30-13-7-5-8-14-30/h5-16,18-21,25,33,36-37H,4,17,22-24,26-29,42H2,1-3H3,(H,43,47)/b19-12+/t33?,36-,37-,41?/m1/s1. The number of allylic oxidation sites excluding steroid dienone is 1. The SMILES string of the molecule is CCC1(N)C/C=C/C(=O)N(C)[C@@H](C(=O)N(C)[C@H](Cc2ccccc2)C(=O)NCCc2ccccc2)Cc2ccc3c(c2)CC(CC=C3)C1. The number of hydrogen-bond donors (Lipinski definition) is 2. The zero-order chi connectivity index (χ0) is 34.1. The van der Waals surface area contributed by atoms with Gasteiger partial charge in [-0.25, -0.2) is 0 Å². The molecule has 3 bridgehead atoms. The molecule has 3 aromatic rings. The number of likely N-dealkylation sites (N-methyl/N-ethyl adjacent to an activating group) is 2. The van der Waals surface area contributed by atoms with Crippen LogP contribution in [-0.2, 0) is 40.1 Å². The van der Waals surface area contributed by atoms with Gasteiger partial charge in [0.15, 0.2) is 0 Å². The van der Waals surface area contributed by atoms with E-state index in [9.17, 15) is 14.4 Å². The monoisotopic (exact) mass is 646 g/mol. The van der Waals surface area contributed by atoms with Crippen molar-refractivity contribution in [3.05, 3.63) is 125 Å². The zero-order valence-electron chi connectivity index (χ0n) is 28.6. The van der Waals surface area contributed by atoms with Gasteiger partial charge >= 0.3 is 0 Å². The molecule has 252 valence electrons. The van der Waals surface area contributed by atoms with Crippen LogP contribution in [0.4, 0.5) is 0 Å². The number of hydrogen-bond acceptors (Lipinski definition) is 4. The minimum atomic E-state index is -0.811. The number of nitrogens with zero attached hydrogens (tertiary/aromatic N) is 2. The summed E-state index contributed by atoms with van der Waals surface area (Å²) in [6.45, 7) is 2.56. The Hall–Kier alpha value is -4.49. The maximum absolute atomic E-state index is 14.6. The van der Waals surface area contributed by atoms with E-state index >= 15 is 0 Å². The Labute approximate surface area is 285 Å². The molecule has 7 nitrogen and oxygen atoms in total.